The van der Waals surface area contributed by atoms with Crippen LogP contribution in [-0.4, -0.2) is 102 Å². The summed E-state index contributed by atoms with van der Waals surface area (Å²) in [6.45, 7) is 8.06. The summed E-state index contributed by atoms with van der Waals surface area (Å²) >= 11 is 0. The van der Waals surface area contributed by atoms with E-state index in [2.05, 4.69) is 43.4 Å². The number of fused-ring (bicyclic) bond motifs is 1. The van der Waals surface area contributed by atoms with E-state index in [9.17, 15) is 14.4 Å². The molecular formula is C56H61FN7O9P. The van der Waals surface area contributed by atoms with Gasteiger partial charge in [0.1, 0.15) is 53.3 Å². The van der Waals surface area contributed by atoms with Gasteiger partial charge in [0.25, 0.3) is 14.4 Å². The molecule has 1 saturated heterocycles. The summed E-state index contributed by atoms with van der Waals surface area (Å²) in [5.74, 6) is 1.23. The SMILES string of the molecule is COc1ccc(C(OC[C@H]2O[C@@H](n3cnc4c(N(Cc5ccc(F)cc5)C(=O)COc5ccccc5)ncnc43)C(OC)C2OP(OCCC#N)N(C(C)C)C(C)C)(c2ccccc2)c2ccc(OC)cc2)cc1. The normalized spacial score (nSPS) is 17.2. The van der Waals surface area contributed by atoms with Gasteiger partial charge in [0, 0.05) is 19.2 Å². The van der Waals surface area contributed by atoms with Crippen molar-refractivity contribution in [3.05, 3.63) is 174 Å². The lowest BCUT2D eigenvalue weighted by Gasteiger charge is -2.39. The average Bonchev–Trinajstić information content (AvgIpc) is 4.02. The van der Waals surface area contributed by atoms with Crippen molar-refractivity contribution in [3.63, 3.8) is 0 Å². The van der Waals surface area contributed by atoms with Crippen molar-refractivity contribution in [3.8, 4) is 23.3 Å². The third kappa shape index (κ3) is 11.9. The first-order valence-electron chi connectivity index (χ1n) is 24.3. The number of nitrogens with zero attached hydrogens (tertiary/aromatic N) is 7. The second-order valence-electron chi connectivity index (χ2n) is 17.9. The first-order chi connectivity index (χ1) is 36.0. The number of amides is 1. The van der Waals surface area contributed by atoms with E-state index in [0.29, 0.717) is 28.5 Å². The first-order valence-corrected chi connectivity index (χ1v) is 25.4. The first kappa shape index (κ1) is 53.4. The molecule has 2 aromatic heterocycles. The molecule has 3 unspecified atom stereocenters. The van der Waals surface area contributed by atoms with Gasteiger partial charge in [-0.1, -0.05) is 84.9 Å². The highest BCUT2D eigenvalue weighted by atomic mass is 31.2. The van der Waals surface area contributed by atoms with Crippen molar-refractivity contribution >= 4 is 31.4 Å². The second-order valence-corrected chi connectivity index (χ2v) is 19.3. The van der Waals surface area contributed by atoms with Crippen LogP contribution in [0.3, 0.4) is 0 Å². The molecule has 386 valence electrons. The molecule has 74 heavy (non-hydrogen) atoms. The zero-order chi connectivity index (χ0) is 52.2. The van der Waals surface area contributed by atoms with Gasteiger partial charge in [-0.05, 0) is 98.5 Å². The Kier molecular flexibility index (Phi) is 18.0. The molecule has 0 radical (unpaired) electrons. The molecular weight excluding hydrogens is 965 g/mol. The van der Waals surface area contributed by atoms with Crippen molar-refractivity contribution in [1.82, 2.24) is 24.2 Å². The van der Waals surface area contributed by atoms with Crippen molar-refractivity contribution < 1.29 is 46.7 Å². The fourth-order valence-electron chi connectivity index (χ4n) is 9.14. The molecule has 18 heteroatoms. The number of anilines is 1. The van der Waals surface area contributed by atoms with Crippen LogP contribution in [0.1, 0.15) is 62.6 Å². The van der Waals surface area contributed by atoms with Crippen LogP contribution >= 0.6 is 8.53 Å². The van der Waals surface area contributed by atoms with Gasteiger partial charge in [0.05, 0.1) is 52.8 Å². The molecule has 1 fully saturated rings. The standard InChI is InChI=1S/C56H61FN7O9P/c1-38(2)64(39(3)4)74(71-32-14-31-58)73-51-48(34-70-56(41-15-10-8-11-16-41,42-21-27-45(66-5)28-22-42)43-23-29-46(67-6)30-24-43)72-55(52(51)68-7)63-37-61-50-53(59-36-60-54(50)63)62(33-40-19-25-44(57)26-20-40)49(65)35-69-47-17-12-9-13-18-47/h8-13,15-30,36-39,48,51-52,55H,14,32-35H2,1-7H3/t48-,51?,52?,55-,74?/m1/s1. The van der Waals surface area contributed by atoms with Crippen LogP contribution in [0.2, 0.25) is 0 Å². The van der Waals surface area contributed by atoms with Gasteiger partial charge in [-0.25, -0.2) is 24.0 Å². The monoisotopic (exact) mass is 1030 g/mol. The number of para-hydroxylation sites is 1. The van der Waals surface area contributed by atoms with Gasteiger partial charge in [-0.15, -0.1) is 0 Å². The molecule has 7 aromatic rings. The van der Waals surface area contributed by atoms with Crippen LogP contribution in [0.25, 0.3) is 11.2 Å². The lowest BCUT2D eigenvalue weighted by Crippen LogP contribution is -2.42. The Morgan fingerprint density at radius 2 is 1.39 bits per heavy atom. The lowest BCUT2D eigenvalue weighted by atomic mass is 9.80. The third-order valence-electron chi connectivity index (χ3n) is 12.6. The van der Waals surface area contributed by atoms with Crippen molar-refractivity contribution in [2.45, 2.75) is 82.9 Å². The molecule has 8 rings (SSSR count). The van der Waals surface area contributed by atoms with Crippen LogP contribution in [-0.2, 0) is 40.2 Å². The molecule has 5 atom stereocenters. The van der Waals surface area contributed by atoms with E-state index >= 15 is 0 Å². The number of halogens is 1. The average molecular weight is 1030 g/mol. The Labute approximate surface area is 432 Å². The Morgan fingerprint density at radius 1 is 0.784 bits per heavy atom. The van der Waals surface area contributed by atoms with Gasteiger partial charge >= 0.3 is 0 Å². The summed E-state index contributed by atoms with van der Waals surface area (Å²) in [5, 5.41) is 9.59. The number of rotatable bonds is 24. The summed E-state index contributed by atoms with van der Waals surface area (Å²) in [6.07, 6.45) is -0.400. The van der Waals surface area contributed by atoms with E-state index < -0.39 is 50.4 Å². The number of ether oxygens (including phenoxy) is 6. The number of hydrogen-bond donors (Lipinski definition) is 0. The lowest BCUT2D eigenvalue weighted by molar-refractivity contribution is -0.120. The fourth-order valence-corrected chi connectivity index (χ4v) is 10.9. The topological polar surface area (TPSA) is 165 Å². The predicted octanol–water partition coefficient (Wildman–Crippen LogP) is 10.2. The number of carbonyl (C=O) groups excluding carboxylic acids is 1. The molecule has 1 aliphatic heterocycles. The number of imidazole rings is 1. The van der Waals surface area contributed by atoms with E-state index in [1.54, 1.807) is 56.5 Å². The largest absolute Gasteiger partial charge is 0.497 e. The maximum atomic E-state index is 14.3. The molecule has 1 amide bonds. The number of aromatic nitrogens is 4. The highest BCUT2D eigenvalue weighted by molar-refractivity contribution is 7.44. The molecule has 1 aliphatic rings. The Hall–Kier alpha value is -6.87. The quantitative estimate of drug-likeness (QED) is 0.0319. The van der Waals surface area contributed by atoms with Crippen LogP contribution < -0.4 is 19.1 Å². The minimum Gasteiger partial charge on any atom is -0.497 e. The Morgan fingerprint density at radius 3 is 1.97 bits per heavy atom. The summed E-state index contributed by atoms with van der Waals surface area (Å²) < 4.78 is 69.9. The molecule has 0 N–H and O–H groups in total. The van der Waals surface area contributed by atoms with Crippen LogP contribution in [0.15, 0.2) is 146 Å². The zero-order valence-electron chi connectivity index (χ0n) is 42.5. The number of methoxy groups -OCH3 is 3. The highest BCUT2D eigenvalue weighted by Crippen LogP contribution is 2.51. The Balaban J connectivity index is 1.23. The number of nitriles is 1. The molecule has 16 nitrogen and oxygen atoms in total. The predicted molar refractivity (Wildman–Crippen MR) is 278 cm³/mol. The van der Waals surface area contributed by atoms with Crippen molar-refractivity contribution in [2.75, 3.05) is 46.0 Å². The van der Waals surface area contributed by atoms with Gasteiger partial charge in [0.15, 0.2) is 29.8 Å². The van der Waals surface area contributed by atoms with Gasteiger partial charge in [-0.3, -0.25) is 14.3 Å². The molecule has 0 saturated carbocycles. The Bertz CT molecular complexity index is 2870. The zero-order valence-corrected chi connectivity index (χ0v) is 43.4. The summed E-state index contributed by atoms with van der Waals surface area (Å²) in [5.41, 5.74) is 2.52. The maximum Gasteiger partial charge on any atom is 0.266 e. The molecule has 3 heterocycles. The van der Waals surface area contributed by atoms with E-state index in [1.807, 2.05) is 97.1 Å². The molecule has 5 aromatic carbocycles. The summed E-state index contributed by atoms with van der Waals surface area (Å²) in [6, 6.07) is 42.5. The van der Waals surface area contributed by atoms with E-state index in [4.69, 9.17) is 47.4 Å². The summed E-state index contributed by atoms with van der Waals surface area (Å²) in [7, 11) is 3.00. The van der Waals surface area contributed by atoms with Gasteiger partial charge in [0.2, 0.25) is 0 Å². The number of carbonyl (C=O) groups is 1. The van der Waals surface area contributed by atoms with E-state index in [0.717, 1.165) is 16.7 Å². The molecule has 0 spiro atoms. The van der Waals surface area contributed by atoms with E-state index in [1.165, 1.54) is 23.4 Å². The molecule has 0 bridgehead atoms. The highest BCUT2D eigenvalue weighted by Gasteiger charge is 2.51. The number of benzene rings is 5. The third-order valence-corrected chi connectivity index (χ3v) is 14.7. The van der Waals surface area contributed by atoms with Gasteiger partial charge in [-0.2, -0.15) is 5.26 Å². The van der Waals surface area contributed by atoms with E-state index in [-0.39, 0.29) is 56.2 Å². The van der Waals surface area contributed by atoms with Crippen LogP contribution in [0.4, 0.5) is 10.2 Å². The van der Waals surface area contributed by atoms with Crippen molar-refractivity contribution in [1.29, 1.82) is 5.26 Å². The molecule has 0 aliphatic carbocycles. The van der Waals surface area contributed by atoms with Crippen molar-refractivity contribution in [2.24, 2.45) is 0 Å². The summed E-state index contributed by atoms with van der Waals surface area (Å²) in [4.78, 5) is 29.9. The second kappa shape index (κ2) is 24.9. The minimum absolute atomic E-state index is 0.0146. The number of hydrogen-bond acceptors (Lipinski definition) is 14. The smallest absolute Gasteiger partial charge is 0.266 e. The van der Waals surface area contributed by atoms with Crippen LogP contribution in [0.5, 0.6) is 17.2 Å². The maximum absolute atomic E-state index is 14.3. The minimum atomic E-state index is -1.84. The fraction of sp³-hybridized carbons (Fsp3) is 0.339. The van der Waals surface area contributed by atoms with Crippen LogP contribution in [0, 0.1) is 17.1 Å². The van der Waals surface area contributed by atoms with Gasteiger partial charge < -0.3 is 37.5 Å².